The molecule has 90 valence electrons. The molecule has 1 N–H and O–H groups in total. The second-order valence-electron chi connectivity index (χ2n) is 2.85. The summed E-state index contributed by atoms with van der Waals surface area (Å²) in [6.07, 6.45) is 1.13. The molecule has 0 saturated carbocycles. The summed E-state index contributed by atoms with van der Waals surface area (Å²) in [6, 6.07) is 5.59. The highest BCUT2D eigenvalue weighted by Crippen LogP contribution is 2.11. The predicted molar refractivity (Wildman–Crippen MR) is 59.1 cm³/mol. The normalized spacial score (nSPS) is 12.3. The van der Waals surface area contributed by atoms with Crippen molar-refractivity contribution in [3.8, 4) is 0 Å². The number of rotatable bonds is 5. The van der Waals surface area contributed by atoms with Gasteiger partial charge in [0.05, 0.1) is 11.1 Å². The summed E-state index contributed by atoms with van der Waals surface area (Å²) in [6.45, 7) is 0. The molecule has 17 heavy (non-hydrogen) atoms. The van der Waals surface area contributed by atoms with E-state index < -0.39 is 16.5 Å². The lowest BCUT2D eigenvalue weighted by Gasteiger charge is -2.00. The SMILES string of the molecule is O=C(O)C(Cl)ON=Cc1cccc([N+](=O)[O-])c1. The van der Waals surface area contributed by atoms with Gasteiger partial charge in [-0.25, -0.2) is 4.79 Å². The van der Waals surface area contributed by atoms with Crippen LogP contribution in [0.4, 0.5) is 5.69 Å². The molecule has 0 saturated heterocycles. The average molecular weight is 259 g/mol. The van der Waals surface area contributed by atoms with Crippen molar-refractivity contribution in [1.29, 1.82) is 0 Å². The number of oxime groups is 1. The number of benzene rings is 1. The van der Waals surface area contributed by atoms with Crippen LogP contribution in [-0.4, -0.2) is 27.8 Å². The predicted octanol–water partition coefficient (Wildman–Crippen LogP) is 1.59. The minimum Gasteiger partial charge on any atom is -0.477 e. The van der Waals surface area contributed by atoms with Gasteiger partial charge >= 0.3 is 5.97 Å². The van der Waals surface area contributed by atoms with Crippen LogP contribution in [0.2, 0.25) is 0 Å². The molecule has 0 aliphatic carbocycles. The van der Waals surface area contributed by atoms with E-state index in [9.17, 15) is 14.9 Å². The van der Waals surface area contributed by atoms with Gasteiger partial charge in [0.25, 0.3) is 11.3 Å². The third-order valence-electron chi connectivity index (χ3n) is 1.63. The Bertz CT molecular complexity index is 462. The number of alkyl halides is 1. The number of carboxylic acid groups (broad SMARTS) is 1. The lowest BCUT2D eigenvalue weighted by Crippen LogP contribution is -2.14. The highest BCUT2D eigenvalue weighted by atomic mass is 35.5. The molecule has 0 bridgehead atoms. The first-order valence-corrected chi connectivity index (χ1v) is 4.75. The lowest BCUT2D eigenvalue weighted by molar-refractivity contribution is -0.384. The van der Waals surface area contributed by atoms with Crippen molar-refractivity contribution >= 4 is 29.5 Å². The Morgan fingerprint density at radius 3 is 2.94 bits per heavy atom. The number of nitro benzene ring substituents is 1. The van der Waals surface area contributed by atoms with Crippen LogP contribution >= 0.6 is 11.6 Å². The fourth-order valence-corrected chi connectivity index (χ4v) is 0.954. The summed E-state index contributed by atoms with van der Waals surface area (Å²) in [7, 11) is 0. The summed E-state index contributed by atoms with van der Waals surface area (Å²) in [5.74, 6) is -1.37. The molecule has 1 atom stereocenters. The van der Waals surface area contributed by atoms with Gasteiger partial charge in [-0.1, -0.05) is 28.9 Å². The Morgan fingerprint density at radius 2 is 2.35 bits per heavy atom. The zero-order valence-electron chi connectivity index (χ0n) is 8.32. The number of carbonyl (C=O) groups is 1. The van der Waals surface area contributed by atoms with E-state index in [4.69, 9.17) is 16.7 Å². The van der Waals surface area contributed by atoms with E-state index in [0.29, 0.717) is 5.56 Å². The molecular formula is C9H7ClN2O5. The van der Waals surface area contributed by atoms with Gasteiger partial charge < -0.3 is 9.94 Å². The van der Waals surface area contributed by atoms with E-state index in [1.54, 1.807) is 6.07 Å². The van der Waals surface area contributed by atoms with Crippen LogP contribution in [0.15, 0.2) is 29.4 Å². The van der Waals surface area contributed by atoms with Crippen molar-refractivity contribution in [2.45, 2.75) is 5.56 Å². The molecule has 0 radical (unpaired) electrons. The molecular weight excluding hydrogens is 252 g/mol. The van der Waals surface area contributed by atoms with Gasteiger partial charge in [-0.2, -0.15) is 0 Å². The van der Waals surface area contributed by atoms with Crippen LogP contribution in [0.5, 0.6) is 0 Å². The van der Waals surface area contributed by atoms with Crippen molar-refractivity contribution in [2.24, 2.45) is 5.16 Å². The van der Waals surface area contributed by atoms with Gasteiger partial charge in [0.1, 0.15) is 0 Å². The highest BCUT2D eigenvalue weighted by molar-refractivity contribution is 6.28. The maximum Gasteiger partial charge on any atom is 0.363 e. The number of hydrogen-bond acceptors (Lipinski definition) is 5. The van der Waals surface area contributed by atoms with Crippen molar-refractivity contribution in [3.05, 3.63) is 39.9 Å². The number of halogens is 1. The molecule has 0 aromatic heterocycles. The summed E-state index contributed by atoms with van der Waals surface area (Å²) in [5.41, 5.74) is -1.30. The Hall–Kier alpha value is -2.15. The van der Waals surface area contributed by atoms with E-state index >= 15 is 0 Å². The monoisotopic (exact) mass is 258 g/mol. The molecule has 0 aliphatic rings. The molecule has 0 fully saturated rings. The van der Waals surface area contributed by atoms with Gasteiger partial charge in [-0.05, 0) is 0 Å². The first-order valence-electron chi connectivity index (χ1n) is 4.31. The van der Waals surface area contributed by atoms with Crippen LogP contribution in [0.3, 0.4) is 0 Å². The molecule has 0 spiro atoms. The molecule has 0 aliphatic heterocycles. The molecule has 0 amide bonds. The van der Waals surface area contributed by atoms with Crippen LogP contribution in [0.1, 0.15) is 5.56 Å². The number of non-ortho nitro benzene ring substituents is 1. The number of hydrogen-bond donors (Lipinski definition) is 1. The molecule has 8 heteroatoms. The van der Waals surface area contributed by atoms with Crippen LogP contribution in [0.25, 0.3) is 0 Å². The van der Waals surface area contributed by atoms with Gasteiger partial charge in [0.2, 0.25) is 0 Å². The maximum absolute atomic E-state index is 10.5. The van der Waals surface area contributed by atoms with E-state index in [0.717, 1.165) is 6.21 Å². The van der Waals surface area contributed by atoms with Crippen LogP contribution < -0.4 is 0 Å². The minimum atomic E-state index is -1.59. The maximum atomic E-state index is 10.5. The topological polar surface area (TPSA) is 102 Å². The highest BCUT2D eigenvalue weighted by Gasteiger charge is 2.13. The Labute approximate surface area is 100 Å². The summed E-state index contributed by atoms with van der Waals surface area (Å²) in [5, 5.41) is 22.1. The Balaban J connectivity index is 2.68. The van der Waals surface area contributed by atoms with Gasteiger partial charge in [0.15, 0.2) is 0 Å². The number of aliphatic carboxylic acids is 1. The molecule has 1 aromatic carbocycles. The van der Waals surface area contributed by atoms with Gasteiger partial charge in [-0.15, -0.1) is 0 Å². The molecule has 0 heterocycles. The molecule has 1 rings (SSSR count). The van der Waals surface area contributed by atoms with Gasteiger partial charge in [0, 0.05) is 17.7 Å². The molecule has 7 nitrogen and oxygen atoms in total. The average Bonchev–Trinajstić information content (AvgIpc) is 2.29. The minimum absolute atomic E-state index is 0.102. The standard InChI is InChI=1S/C9H7ClN2O5/c10-8(9(13)14)17-11-5-6-2-1-3-7(4-6)12(15)16/h1-5,8H,(H,13,14). The van der Waals surface area contributed by atoms with Crippen LogP contribution in [0, 0.1) is 10.1 Å². The number of nitrogens with zero attached hydrogens (tertiary/aromatic N) is 2. The summed E-state index contributed by atoms with van der Waals surface area (Å²) in [4.78, 5) is 24.5. The van der Waals surface area contributed by atoms with Crippen molar-refractivity contribution in [1.82, 2.24) is 0 Å². The smallest absolute Gasteiger partial charge is 0.363 e. The van der Waals surface area contributed by atoms with Gasteiger partial charge in [-0.3, -0.25) is 10.1 Å². The van der Waals surface area contributed by atoms with Crippen LogP contribution in [-0.2, 0) is 9.63 Å². The van der Waals surface area contributed by atoms with E-state index in [2.05, 4.69) is 9.99 Å². The quantitative estimate of drug-likeness (QED) is 0.374. The first kappa shape index (κ1) is 12.9. The Morgan fingerprint density at radius 1 is 1.65 bits per heavy atom. The number of carboxylic acids is 1. The zero-order chi connectivity index (χ0) is 12.8. The zero-order valence-corrected chi connectivity index (χ0v) is 9.07. The second-order valence-corrected chi connectivity index (χ2v) is 3.24. The van der Waals surface area contributed by atoms with Crippen molar-refractivity contribution < 1.29 is 19.7 Å². The van der Waals surface area contributed by atoms with E-state index in [1.807, 2.05) is 0 Å². The second kappa shape index (κ2) is 5.80. The first-order chi connectivity index (χ1) is 8.00. The fourth-order valence-electron chi connectivity index (χ4n) is 0.908. The number of nitro groups is 1. The molecule has 1 aromatic rings. The third kappa shape index (κ3) is 4.07. The van der Waals surface area contributed by atoms with Crippen molar-refractivity contribution in [3.63, 3.8) is 0 Å². The summed E-state index contributed by atoms with van der Waals surface area (Å²) < 4.78 is 0. The summed E-state index contributed by atoms with van der Waals surface area (Å²) >= 11 is 5.22. The largest absolute Gasteiger partial charge is 0.477 e. The lowest BCUT2D eigenvalue weighted by atomic mass is 10.2. The van der Waals surface area contributed by atoms with E-state index in [-0.39, 0.29) is 5.69 Å². The Kier molecular flexibility index (Phi) is 4.41. The molecule has 1 unspecified atom stereocenters. The van der Waals surface area contributed by atoms with Crippen molar-refractivity contribution in [2.75, 3.05) is 0 Å². The fraction of sp³-hybridized carbons (Fsp3) is 0.111. The third-order valence-corrected chi connectivity index (χ3v) is 1.90. The van der Waals surface area contributed by atoms with E-state index in [1.165, 1.54) is 18.2 Å².